The summed E-state index contributed by atoms with van der Waals surface area (Å²) in [6.07, 6.45) is 12.3. The minimum absolute atomic E-state index is 0.103. The Kier molecular flexibility index (Phi) is 2.95. The number of nitrogens with zero attached hydrogens (tertiary/aromatic N) is 1. The van der Waals surface area contributed by atoms with Crippen LogP contribution in [0.25, 0.3) is 0 Å². The number of carbonyl (C=O) groups is 1. The summed E-state index contributed by atoms with van der Waals surface area (Å²) in [5.74, 6) is 3.12. The van der Waals surface area contributed by atoms with Crippen molar-refractivity contribution in [2.45, 2.75) is 44.9 Å². The van der Waals surface area contributed by atoms with E-state index in [9.17, 15) is 4.79 Å². The van der Waals surface area contributed by atoms with Crippen molar-refractivity contribution in [1.29, 1.82) is 0 Å². The van der Waals surface area contributed by atoms with Gasteiger partial charge in [0.1, 0.15) is 0 Å². The zero-order valence-electron chi connectivity index (χ0n) is 12.3. The third kappa shape index (κ3) is 1.93. The smallest absolute Gasteiger partial charge is 0.236 e. The number of hydrogen-bond acceptors (Lipinski definition) is 2. The molecule has 3 heteroatoms. The van der Waals surface area contributed by atoms with E-state index in [2.05, 4.69) is 6.08 Å². The first-order valence-electron chi connectivity index (χ1n) is 8.36. The Morgan fingerprint density at radius 2 is 1.80 bits per heavy atom. The lowest BCUT2D eigenvalue weighted by Crippen LogP contribution is -2.48. The van der Waals surface area contributed by atoms with Gasteiger partial charge >= 0.3 is 0 Å². The third-order valence-electron chi connectivity index (χ3n) is 6.46. The highest BCUT2D eigenvalue weighted by Gasteiger charge is 2.52. The molecule has 5 aliphatic rings. The molecule has 1 amide bonds. The van der Waals surface area contributed by atoms with Crippen LogP contribution in [0.15, 0.2) is 11.6 Å². The molecule has 0 saturated heterocycles. The average molecular weight is 274 g/mol. The fraction of sp³-hybridized carbons (Fsp3) is 0.824. The number of rotatable bonds is 2. The second-order valence-corrected chi connectivity index (χ2v) is 7.72. The summed E-state index contributed by atoms with van der Waals surface area (Å²) in [4.78, 5) is 13.6. The van der Waals surface area contributed by atoms with Crippen LogP contribution in [0.2, 0.25) is 0 Å². The lowest BCUT2D eigenvalue weighted by molar-refractivity contribution is -0.129. The van der Waals surface area contributed by atoms with Crippen LogP contribution in [0.1, 0.15) is 44.9 Å². The van der Waals surface area contributed by atoms with E-state index in [0.29, 0.717) is 5.41 Å². The van der Waals surface area contributed by atoms with Crippen molar-refractivity contribution < 1.29 is 4.79 Å². The van der Waals surface area contributed by atoms with Gasteiger partial charge in [0, 0.05) is 13.1 Å². The van der Waals surface area contributed by atoms with Gasteiger partial charge in [0.15, 0.2) is 0 Å². The van der Waals surface area contributed by atoms with Gasteiger partial charge in [-0.25, -0.2) is 0 Å². The summed E-state index contributed by atoms with van der Waals surface area (Å²) in [6.45, 7) is 1.84. The van der Waals surface area contributed by atoms with Crippen LogP contribution in [0.4, 0.5) is 0 Å². The highest BCUT2D eigenvalue weighted by molar-refractivity contribution is 5.78. The molecule has 0 unspecified atom stereocenters. The lowest BCUT2D eigenvalue weighted by Gasteiger charge is -2.58. The average Bonchev–Trinajstić information content (AvgIpc) is 2.45. The Bertz CT molecular complexity index is 419. The van der Waals surface area contributed by atoms with Gasteiger partial charge in [-0.15, -0.1) is 0 Å². The van der Waals surface area contributed by atoms with Crippen LogP contribution in [0, 0.1) is 23.2 Å². The van der Waals surface area contributed by atoms with Crippen molar-refractivity contribution in [3.63, 3.8) is 0 Å². The molecule has 5 rings (SSSR count). The minimum Gasteiger partial charge on any atom is -0.338 e. The van der Waals surface area contributed by atoms with Crippen molar-refractivity contribution in [3.8, 4) is 0 Å². The Morgan fingerprint density at radius 3 is 2.25 bits per heavy atom. The zero-order chi connectivity index (χ0) is 13.7. The van der Waals surface area contributed by atoms with E-state index >= 15 is 0 Å². The SMILES string of the molecule is NCC(=O)N1CC=C(C23CC4CC(CC(C4)C2)C3)CC1. The summed E-state index contributed by atoms with van der Waals surface area (Å²) < 4.78 is 0. The van der Waals surface area contributed by atoms with Gasteiger partial charge in [0.25, 0.3) is 0 Å². The standard InChI is InChI=1S/C17H26N2O/c18-11-16(20)19-3-1-15(2-4-19)17-8-12-5-13(9-17)7-14(6-12)10-17/h1,12-14H,2-11,18H2. The quantitative estimate of drug-likeness (QED) is 0.786. The second-order valence-electron chi connectivity index (χ2n) is 7.72. The molecule has 0 atom stereocenters. The first-order valence-corrected chi connectivity index (χ1v) is 8.36. The van der Waals surface area contributed by atoms with Gasteiger partial charge in [-0.1, -0.05) is 11.6 Å². The fourth-order valence-electron chi connectivity index (χ4n) is 6.01. The Balaban J connectivity index is 1.53. The normalized spacial score (nSPS) is 42.8. The maximum absolute atomic E-state index is 11.7. The monoisotopic (exact) mass is 274 g/mol. The molecule has 4 saturated carbocycles. The molecule has 1 heterocycles. The van der Waals surface area contributed by atoms with E-state index in [1.165, 1.54) is 38.5 Å². The molecule has 2 N–H and O–H groups in total. The van der Waals surface area contributed by atoms with Crippen LogP contribution in [0.5, 0.6) is 0 Å². The molecular formula is C17H26N2O. The van der Waals surface area contributed by atoms with Crippen LogP contribution >= 0.6 is 0 Å². The van der Waals surface area contributed by atoms with Crippen LogP contribution < -0.4 is 5.73 Å². The molecule has 3 nitrogen and oxygen atoms in total. The first kappa shape index (κ1) is 12.9. The summed E-state index contributed by atoms with van der Waals surface area (Å²) in [5.41, 5.74) is 7.70. The van der Waals surface area contributed by atoms with Gasteiger partial charge in [-0.05, 0) is 68.1 Å². The van der Waals surface area contributed by atoms with Crippen LogP contribution in [0.3, 0.4) is 0 Å². The Morgan fingerprint density at radius 1 is 1.20 bits per heavy atom. The maximum Gasteiger partial charge on any atom is 0.236 e. The lowest BCUT2D eigenvalue weighted by atomic mass is 9.47. The summed E-state index contributed by atoms with van der Waals surface area (Å²) in [7, 11) is 0. The maximum atomic E-state index is 11.7. The van der Waals surface area contributed by atoms with E-state index in [0.717, 1.165) is 37.3 Å². The topological polar surface area (TPSA) is 46.3 Å². The molecule has 4 fully saturated rings. The van der Waals surface area contributed by atoms with Crippen LogP contribution in [-0.4, -0.2) is 30.4 Å². The van der Waals surface area contributed by atoms with Gasteiger partial charge < -0.3 is 10.6 Å². The highest BCUT2D eigenvalue weighted by atomic mass is 16.2. The number of carbonyl (C=O) groups excluding carboxylic acids is 1. The molecule has 4 bridgehead atoms. The predicted molar refractivity (Wildman–Crippen MR) is 78.9 cm³/mol. The Labute approximate surface area is 121 Å². The van der Waals surface area contributed by atoms with E-state index in [4.69, 9.17) is 5.73 Å². The summed E-state index contributed by atoms with van der Waals surface area (Å²) in [6, 6.07) is 0. The first-order chi connectivity index (χ1) is 9.68. The molecule has 4 aliphatic carbocycles. The van der Waals surface area contributed by atoms with E-state index in [-0.39, 0.29) is 12.5 Å². The van der Waals surface area contributed by atoms with Crippen LogP contribution in [-0.2, 0) is 4.79 Å². The van der Waals surface area contributed by atoms with Crippen molar-refractivity contribution >= 4 is 5.91 Å². The van der Waals surface area contributed by atoms with E-state index in [1.807, 2.05) is 4.90 Å². The molecule has 0 aromatic rings. The van der Waals surface area contributed by atoms with E-state index in [1.54, 1.807) is 5.57 Å². The molecule has 1 aliphatic heterocycles. The minimum atomic E-state index is 0.103. The van der Waals surface area contributed by atoms with Gasteiger partial charge in [0.05, 0.1) is 6.54 Å². The van der Waals surface area contributed by atoms with E-state index < -0.39 is 0 Å². The second kappa shape index (κ2) is 4.59. The van der Waals surface area contributed by atoms with Crippen molar-refractivity contribution in [1.82, 2.24) is 4.90 Å². The number of amides is 1. The highest BCUT2D eigenvalue weighted by Crippen LogP contribution is 2.63. The molecule has 0 aromatic heterocycles. The summed E-state index contributed by atoms with van der Waals surface area (Å²) in [5, 5.41) is 0. The predicted octanol–water partition coefficient (Wildman–Crippen LogP) is 2.32. The molecule has 0 spiro atoms. The zero-order valence-corrected chi connectivity index (χ0v) is 12.3. The Hall–Kier alpha value is -0.830. The fourth-order valence-corrected chi connectivity index (χ4v) is 6.01. The molecule has 110 valence electrons. The largest absolute Gasteiger partial charge is 0.338 e. The molecular weight excluding hydrogens is 248 g/mol. The van der Waals surface area contributed by atoms with Crippen molar-refractivity contribution in [2.75, 3.05) is 19.6 Å². The van der Waals surface area contributed by atoms with Crippen molar-refractivity contribution in [3.05, 3.63) is 11.6 Å². The third-order valence-corrected chi connectivity index (χ3v) is 6.46. The van der Waals surface area contributed by atoms with Crippen molar-refractivity contribution in [2.24, 2.45) is 28.9 Å². The molecule has 0 radical (unpaired) electrons. The van der Waals surface area contributed by atoms with Gasteiger partial charge in [-0.3, -0.25) is 4.79 Å². The molecule has 20 heavy (non-hydrogen) atoms. The van der Waals surface area contributed by atoms with Gasteiger partial charge in [0.2, 0.25) is 5.91 Å². The number of nitrogens with two attached hydrogens (primary N) is 1. The number of hydrogen-bond donors (Lipinski definition) is 1. The van der Waals surface area contributed by atoms with Gasteiger partial charge in [-0.2, -0.15) is 0 Å². The summed E-state index contributed by atoms with van der Waals surface area (Å²) >= 11 is 0. The molecule has 0 aromatic carbocycles.